The fourth-order valence-corrected chi connectivity index (χ4v) is 4.08. The number of pyridine rings is 1. The van der Waals surface area contributed by atoms with E-state index in [4.69, 9.17) is 11.6 Å². The molecule has 0 radical (unpaired) electrons. The third kappa shape index (κ3) is 3.94. The molecule has 1 N–H and O–H groups in total. The van der Waals surface area contributed by atoms with Gasteiger partial charge in [-0.3, -0.25) is 9.59 Å². The molecule has 0 spiro atoms. The van der Waals surface area contributed by atoms with Gasteiger partial charge in [0, 0.05) is 28.6 Å². The van der Waals surface area contributed by atoms with E-state index in [9.17, 15) is 9.59 Å². The number of aromatic nitrogens is 1. The number of amides is 1. The molecule has 0 bridgehead atoms. The summed E-state index contributed by atoms with van der Waals surface area (Å²) >= 11 is 6.46. The fourth-order valence-electron chi connectivity index (χ4n) is 3.85. The molecule has 4 rings (SSSR count). The van der Waals surface area contributed by atoms with Crippen molar-refractivity contribution >= 4 is 34.2 Å². The lowest BCUT2D eigenvalue weighted by Gasteiger charge is -2.20. The van der Waals surface area contributed by atoms with Gasteiger partial charge >= 0.3 is 0 Å². The minimum Gasteiger partial charge on any atom is -0.330 e. The van der Waals surface area contributed by atoms with Crippen LogP contribution in [0.25, 0.3) is 22.0 Å². The van der Waals surface area contributed by atoms with Crippen LogP contribution in [0.15, 0.2) is 77.6 Å². The molecular formula is C27H25ClN2O2. The first-order chi connectivity index (χ1) is 15.2. The lowest BCUT2D eigenvalue weighted by Crippen LogP contribution is -2.21. The fraction of sp³-hybridized carbons (Fsp3) is 0.185. The van der Waals surface area contributed by atoms with Crippen molar-refractivity contribution < 1.29 is 4.79 Å². The normalized spacial score (nSPS) is 11.5. The third-order valence-electron chi connectivity index (χ3n) is 5.70. The minimum atomic E-state index is -0.288. The predicted molar refractivity (Wildman–Crippen MR) is 133 cm³/mol. The van der Waals surface area contributed by atoms with E-state index in [0.717, 1.165) is 11.1 Å². The summed E-state index contributed by atoms with van der Waals surface area (Å²) < 4.78 is 1.83. The molecule has 1 amide bonds. The van der Waals surface area contributed by atoms with Crippen LogP contribution >= 0.6 is 11.6 Å². The van der Waals surface area contributed by atoms with Gasteiger partial charge in [-0.1, -0.05) is 74.8 Å². The Hall–Kier alpha value is -3.37. The molecule has 4 nitrogen and oxygen atoms in total. The van der Waals surface area contributed by atoms with E-state index < -0.39 is 0 Å². The Morgan fingerprint density at radius 1 is 0.906 bits per heavy atom. The molecule has 0 aliphatic carbocycles. The Kier molecular flexibility index (Phi) is 5.66. The van der Waals surface area contributed by atoms with Crippen molar-refractivity contribution in [2.75, 3.05) is 5.32 Å². The Morgan fingerprint density at radius 2 is 1.53 bits per heavy atom. The summed E-state index contributed by atoms with van der Waals surface area (Å²) in [6.07, 6.45) is 0. The second-order valence-corrected chi connectivity index (χ2v) is 9.30. The van der Waals surface area contributed by atoms with Crippen molar-refractivity contribution in [3.8, 4) is 11.1 Å². The standard InChI is InChI=1S/C27H25ClN2O2/c1-27(2,3)18-15-13-17(14-16-18)26(32)29-25-23(19-9-5-7-11-21(19)28)24(31)20-10-6-8-12-22(20)30(25)4/h5-16H,1-4H3,(H,29,32). The number of hydrogen-bond acceptors (Lipinski definition) is 2. The number of nitrogens with one attached hydrogen (secondary N) is 1. The molecule has 0 saturated heterocycles. The number of fused-ring (bicyclic) bond motifs is 1. The monoisotopic (exact) mass is 444 g/mol. The van der Waals surface area contributed by atoms with Crippen LogP contribution in [0.3, 0.4) is 0 Å². The number of hydrogen-bond donors (Lipinski definition) is 1. The number of nitrogens with zero attached hydrogens (tertiary/aromatic N) is 1. The molecule has 0 atom stereocenters. The van der Waals surface area contributed by atoms with Gasteiger partial charge < -0.3 is 9.88 Å². The first kappa shape index (κ1) is 21.8. The van der Waals surface area contributed by atoms with Crippen LogP contribution in [0.5, 0.6) is 0 Å². The number of para-hydroxylation sites is 1. The first-order valence-electron chi connectivity index (χ1n) is 10.5. The smallest absolute Gasteiger partial charge is 0.256 e. The van der Waals surface area contributed by atoms with Crippen LogP contribution in [0.4, 0.5) is 5.82 Å². The zero-order valence-corrected chi connectivity index (χ0v) is 19.3. The predicted octanol–water partition coefficient (Wildman–Crippen LogP) is 6.41. The van der Waals surface area contributed by atoms with Crippen molar-refractivity contribution in [1.82, 2.24) is 4.57 Å². The molecule has 3 aromatic carbocycles. The van der Waals surface area contributed by atoms with Crippen molar-refractivity contribution in [3.63, 3.8) is 0 Å². The number of aryl methyl sites for hydroxylation is 1. The van der Waals surface area contributed by atoms with Crippen LogP contribution in [-0.4, -0.2) is 10.5 Å². The number of carbonyl (C=O) groups excluding carboxylic acids is 1. The maximum absolute atomic E-state index is 13.5. The summed E-state index contributed by atoms with van der Waals surface area (Å²) in [5, 5.41) is 3.99. The van der Waals surface area contributed by atoms with E-state index >= 15 is 0 Å². The van der Waals surface area contributed by atoms with E-state index in [0.29, 0.717) is 32.9 Å². The van der Waals surface area contributed by atoms with Crippen LogP contribution < -0.4 is 10.7 Å². The minimum absolute atomic E-state index is 0.00548. The molecule has 162 valence electrons. The SMILES string of the molecule is Cn1c(NC(=O)c2ccc(C(C)(C)C)cc2)c(-c2ccccc2Cl)c(=O)c2ccccc21. The van der Waals surface area contributed by atoms with Gasteiger partial charge in [0.15, 0.2) is 5.43 Å². The van der Waals surface area contributed by atoms with Gasteiger partial charge in [0.05, 0.1) is 11.1 Å². The van der Waals surface area contributed by atoms with Gasteiger partial charge in [-0.15, -0.1) is 0 Å². The summed E-state index contributed by atoms with van der Waals surface area (Å²) in [6, 6.07) is 22.1. The molecule has 0 saturated carbocycles. The van der Waals surface area contributed by atoms with Gasteiger partial charge in [-0.25, -0.2) is 0 Å². The van der Waals surface area contributed by atoms with Gasteiger partial charge in [-0.05, 0) is 41.3 Å². The maximum Gasteiger partial charge on any atom is 0.256 e. The van der Waals surface area contributed by atoms with E-state index in [1.165, 1.54) is 0 Å². The molecule has 0 fully saturated rings. The summed E-state index contributed by atoms with van der Waals surface area (Å²) in [6.45, 7) is 6.38. The van der Waals surface area contributed by atoms with Gasteiger partial charge in [0.25, 0.3) is 5.91 Å². The van der Waals surface area contributed by atoms with Crippen molar-refractivity contribution in [3.05, 3.63) is 99.2 Å². The van der Waals surface area contributed by atoms with Crippen LogP contribution in [0, 0.1) is 0 Å². The van der Waals surface area contributed by atoms with Gasteiger partial charge in [0.1, 0.15) is 5.82 Å². The third-order valence-corrected chi connectivity index (χ3v) is 6.03. The summed E-state index contributed by atoms with van der Waals surface area (Å²) in [5.41, 5.74) is 3.16. The average Bonchev–Trinajstić information content (AvgIpc) is 2.78. The molecule has 5 heteroatoms. The molecular weight excluding hydrogens is 420 g/mol. The lowest BCUT2D eigenvalue weighted by molar-refractivity contribution is 0.102. The number of carbonyl (C=O) groups is 1. The highest BCUT2D eigenvalue weighted by atomic mass is 35.5. The van der Waals surface area contributed by atoms with E-state index in [-0.39, 0.29) is 16.8 Å². The number of halogens is 1. The zero-order chi connectivity index (χ0) is 23.0. The molecule has 1 heterocycles. The highest BCUT2D eigenvalue weighted by molar-refractivity contribution is 6.33. The lowest BCUT2D eigenvalue weighted by atomic mass is 9.87. The Morgan fingerprint density at radius 3 is 2.19 bits per heavy atom. The summed E-state index contributed by atoms with van der Waals surface area (Å²) in [7, 11) is 1.83. The molecule has 0 aliphatic heterocycles. The van der Waals surface area contributed by atoms with Crippen LogP contribution in [0.1, 0.15) is 36.7 Å². The van der Waals surface area contributed by atoms with Crippen molar-refractivity contribution in [2.45, 2.75) is 26.2 Å². The Balaban J connectivity index is 1.87. The second-order valence-electron chi connectivity index (χ2n) is 8.89. The molecule has 0 unspecified atom stereocenters. The van der Waals surface area contributed by atoms with Gasteiger partial charge in [0.2, 0.25) is 0 Å². The average molecular weight is 445 g/mol. The zero-order valence-electron chi connectivity index (χ0n) is 18.6. The highest BCUT2D eigenvalue weighted by Gasteiger charge is 2.21. The Bertz CT molecular complexity index is 1380. The van der Waals surface area contributed by atoms with Gasteiger partial charge in [-0.2, -0.15) is 0 Å². The number of anilines is 1. The highest BCUT2D eigenvalue weighted by Crippen LogP contribution is 2.33. The molecule has 0 aliphatic rings. The number of rotatable bonds is 3. The summed E-state index contributed by atoms with van der Waals surface area (Å²) in [4.78, 5) is 26.7. The molecule has 32 heavy (non-hydrogen) atoms. The van der Waals surface area contributed by atoms with Crippen molar-refractivity contribution in [2.24, 2.45) is 7.05 Å². The first-order valence-corrected chi connectivity index (χ1v) is 10.8. The number of benzene rings is 3. The van der Waals surface area contributed by atoms with E-state index in [2.05, 4.69) is 26.1 Å². The molecule has 1 aromatic heterocycles. The maximum atomic E-state index is 13.5. The van der Waals surface area contributed by atoms with E-state index in [1.807, 2.05) is 66.2 Å². The largest absolute Gasteiger partial charge is 0.330 e. The van der Waals surface area contributed by atoms with Crippen LogP contribution in [-0.2, 0) is 12.5 Å². The topological polar surface area (TPSA) is 51.1 Å². The van der Waals surface area contributed by atoms with E-state index in [1.54, 1.807) is 18.2 Å². The summed E-state index contributed by atoms with van der Waals surface area (Å²) in [5.74, 6) is 0.121. The second kappa shape index (κ2) is 8.29. The van der Waals surface area contributed by atoms with Crippen molar-refractivity contribution in [1.29, 1.82) is 0 Å². The Labute approximate surface area is 192 Å². The van der Waals surface area contributed by atoms with Crippen LogP contribution in [0.2, 0.25) is 5.02 Å². The quantitative estimate of drug-likeness (QED) is 0.397. The molecule has 4 aromatic rings.